The first-order chi connectivity index (χ1) is 34.1. The lowest BCUT2D eigenvalue weighted by atomic mass is 9.92. The van der Waals surface area contributed by atoms with Gasteiger partial charge < -0.3 is 9.97 Å². The first kappa shape index (κ1) is 43.5. The van der Waals surface area contributed by atoms with Gasteiger partial charge in [-0.15, -0.1) is 0 Å². The molecule has 2 aliphatic heterocycles. The number of hydrogen-bond acceptors (Lipinski definition) is 4. The number of rotatable bonds is 4. The Kier molecular flexibility index (Phi) is 11.3. The Morgan fingerprint density at radius 1 is 0.314 bits per heavy atom. The third-order valence-electron chi connectivity index (χ3n) is 13.0. The van der Waals surface area contributed by atoms with Crippen molar-refractivity contribution in [1.29, 1.82) is 0 Å². The van der Waals surface area contributed by atoms with Crippen LogP contribution in [0.15, 0.2) is 146 Å². The normalized spacial score (nSPS) is 11.5. The lowest BCUT2D eigenvalue weighted by molar-refractivity contribution is 1.28. The Balaban J connectivity index is 1.22. The van der Waals surface area contributed by atoms with Crippen molar-refractivity contribution < 1.29 is 0 Å². The molecule has 0 saturated heterocycles. The van der Waals surface area contributed by atoms with Crippen molar-refractivity contribution in [2.45, 2.75) is 41.5 Å². The van der Waals surface area contributed by atoms with Crippen LogP contribution < -0.4 is 0 Å². The molecule has 0 amide bonds. The van der Waals surface area contributed by atoms with Gasteiger partial charge in [0.25, 0.3) is 0 Å². The first-order valence-corrected chi connectivity index (χ1v) is 23.5. The average molecular weight is 901 g/mol. The van der Waals surface area contributed by atoms with Gasteiger partial charge in [-0.25, -0.2) is 9.97 Å². The molecule has 0 saturated carbocycles. The number of nitrogens with one attached hydrogen (secondary N) is 2. The Hall–Kier alpha value is -9.10. The van der Waals surface area contributed by atoms with Crippen LogP contribution in [0.4, 0.5) is 0 Å². The number of pyridine rings is 2. The molecule has 70 heavy (non-hydrogen) atoms. The van der Waals surface area contributed by atoms with Crippen LogP contribution in [0.5, 0.6) is 0 Å². The minimum absolute atomic E-state index is 0.857. The number of fused-ring (bicyclic) bond motifs is 8. The molecule has 0 atom stereocenters. The highest BCUT2D eigenvalue weighted by atomic mass is 14.8. The molecular weight excluding hydrogens is 853 g/mol. The molecule has 6 heteroatoms. The summed E-state index contributed by atoms with van der Waals surface area (Å²) in [5.41, 5.74) is 26.5. The van der Waals surface area contributed by atoms with E-state index in [1.807, 2.05) is 24.3 Å². The van der Waals surface area contributed by atoms with Crippen molar-refractivity contribution >= 4 is 46.4 Å². The van der Waals surface area contributed by atoms with Gasteiger partial charge in [0, 0.05) is 91.4 Å². The summed E-state index contributed by atoms with van der Waals surface area (Å²) in [7, 11) is 0. The second kappa shape index (κ2) is 18.2. The van der Waals surface area contributed by atoms with Crippen LogP contribution >= 0.6 is 0 Å². The number of benzene rings is 4. The molecule has 9 aromatic rings. The molecule has 0 spiro atoms. The smallest absolute Gasteiger partial charge is 0.0737 e. The molecule has 11 rings (SSSR count). The molecule has 8 bridgehead atoms. The van der Waals surface area contributed by atoms with E-state index in [0.29, 0.717) is 0 Å². The largest absolute Gasteiger partial charge is 0.354 e. The Morgan fingerprint density at radius 2 is 0.600 bits per heavy atom. The van der Waals surface area contributed by atoms with Gasteiger partial charge in [0.2, 0.25) is 0 Å². The number of hydrogen-bond donors (Lipinski definition) is 2. The Bertz CT molecular complexity index is 3610. The minimum Gasteiger partial charge on any atom is -0.354 e. The van der Waals surface area contributed by atoms with E-state index in [1.54, 1.807) is 24.8 Å². The summed E-state index contributed by atoms with van der Waals surface area (Å²) in [5.74, 6) is 13.2. The van der Waals surface area contributed by atoms with E-state index >= 15 is 0 Å². The predicted octanol–water partition coefficient (Wildman–Crippen LogP) is 14.8. The molecule has 0 radical (unpaired) electrons. The van der Waals surface area contributed by atoms with E-state index < -0.39 is 0 Å². The average Bonchev–Trinajstić information content (AvgIpc) is 4.22. The maximum atomic E-state index is 5.59. The Labute approximate surface area is 408 Å². The van der Waals surface area contributed by atoms with Crippen LogP contribution in [0.3, 0.4) is 0 Å². The fourth-order valence-electron chi connectivity index (χ4n) is 10.1. The monoisotopic (exact) mass is 900 g/mol. The fourth-order valence-corrected chi connectivity index (χ4v) is 10.1. The molecule has 0 aliphatic carbocycles. The van der Waals surface area contributed by atoms with Gasteiger partial charge in [-0.2, -0.15) is 0 Å². The van der Waals surface area contributed by atoms with Crippen molar-refractivity contribution in [2.24, 2.45) is 0 Å². The zero-order valence-corrected chi connectivity index (χ0v) is 40.0. The lowest BCUT2D eigenvalue weighted by Gasteiger charge is -2.13. The van der Waals surface area contributed by atoms with E-state index in [4.69, 9.17) is 9.97 Å². The summed E-state index contributed by atoms with van der Waals surface area (Å²) in [6.45, 7) is 13.1. The maximum Gasteiger partial charge on any atom is 0.0737 e. The standard InChI is InChI=1S/C64H48N6/c1-39-35-41(3)59(42(4)36-39)63-55-23-19-51(67-55)61(49-15-11-45(12-16-49)7-9-47-27-31-65-32-28-47)53-21-25-57(69-53)64(60-43(5)37-40(2)38-44(60)6)58-26-22-54(70-58)62(52-20-24-56(63)68-52)50-17-13-46(14-18-50)8-10-48-29-33-66-34-30-48/h11-38,67,70H,1-6H3. The van der Waals surface area contributed by atoms with Crippen LogP contribution in [0.1, 0.15) is 78.4 Å². The number of aromatic nitrogens is 6. The van der Waals surface area contributed by atoms with E-state index in [0.717, 1.165) is 112 Å². The van der Waals surface area contributed by atoms with E-state index in [1.165, 1.54) is 33.4 Å². The van der Waals surface area contributed by atoms with E-state index in [-0.39, 0.29) is 0 Å². The van der Waals surface area contributed by atoms with Crippen LogP contribution in [-0.2, 0) is 0 Å². The second-order valence-electron chi connectivity index (χ2n) is 18.2. The molecule has 6 nitrogen and oxygen atoms in total. The van der Waals surface area contributed by atoms with Crippen LogP contribution in [0.2, 0.25) is 0 Å². The quantitative estimate of drug-likeness (QED) is 0.172. The summed E-state index contributed by atoms with van der Waals surface area (Å²) in [4.78, 5) is 27.3. The van der Waals surface area contributed by atoms with Crippen molar-refractivity contribution in [2.75, 3.05) is 0 Å². The number of aryl methyl sites for hydroxylation is 6. The van der Waals surface area contributed by atoms with Gasteiger partial charge in [0.05, 0.1) is 22.8 Å². The number of H-pyrrole nitrogens is 2. The summed E-state index contributed by atoms with van der Waals surface area (Å²) >= 11 is 0. The molecule has 2 aliphatic rings. The maximum absolute atomic E-state index is 5.59. The highest BCUT2D eigenvalue weighted by molar-refractivity contribution is 6.01. The topological polar surface area (TPSA) is 83.1 Å². The molecule has 334 valence electrons. The van der Waals surface area contributed by atoms with Gasteiger partial charge in [0.15, 0.2) is 0 Å². The van der Waals surface area contributed by atoms with E-state index in [9.17, 15) is 0 Å². The van der Waals surface area contributed by atoms with Crippen LogP contribution in [0.25, 0.3) is 90.9 Å². The van der Waals surface area contributed by atoms with Gasteiger partial charge >= 0.3 is 0 Å². The number of aromatic amines is 2. The molecule has 0 fully saturated rings. The second-order valence-corrected chi connectivity index (χ2v) is 18.2. The third kappa shape index (κ3) is 8.45. The molecule has 0 unspecified atom stereocenters. The Morgan fingerprint density at radius 3 is 0.929 bits per heavy atom. The summed E-state index contributed by atoms with van der Waals surface area (Å²) in [5, 5.41) is 0. The highest BCUT2D eigenvalue weighted by Gasteiger charge is 2.22. The van der Waals surface area contributed by atoms with E-state index in [2.05, 4.69) is 207 Å². The van der Waals surface area contributed by atoms with Gasteiger partial charge in [0.1, 0.15) is 0 Å². The number of nitrogens with zero attached hydrogens (tertiary/aromatic N) is 4. The molecular formula is C64H48N6. The zero-order chi connectivity index (χ0) is 47.9. The molecule has 2 N–H and O–H groups in total. The third-order valence-corrected chi connectivity index (χ3v) is 13.0. The SMILES string of the molecule is Cc1cc(C)c(-c2c3nc(c(-c4ccc(C#Cc5ccncc5)cc4)c4ccc([nH]4)c(-c4c(C)cc(C)cc4C)c4nc(c(-c5ccc(C#Cc6ccncc6)cc5)c5ccc2[nH]5)C=C4)C=C3)c(C)c1. The van der Waals surface area contributed by atoms with Crippen molar-refractivity contribution in [3.8, 4) is 68.2 Å². The zero-order valence-electron chi connectivity index (χ0n) is 40.0. The van der Waals surface area contributed by atoms with Crippen molar-refractivity contribution in [3.63, 3.8) is 0 Å². The lowest BCUT2D eigenvalue weighted by Crippen LogP contribution is -1.95. The summed E-state index contributed by atoms with van der Waals surface area (Å²) < 4.78 is 0. The summed E-state index contributed by atoms with van der Waals surface area (Å²) in [6, 6.07) is 42.4. The molecule has 7 heterocycles. The van der Waals surface area contributed by atoms with Crippen LogP contribution in [-0.4, -0.2) is 29.9 Å². The van der Waals surface area contributed by atoms with Gasteiger partial charge in [-0.1, -0.05) is 83.3 Å². The van der Waals surface area contributed by atoms with Crippen molar-refractivity contribution in [1.82, 2.24) is 29.9 Å². The van der Waals surface area contributed by atoms with Crippen LogP contribution in [0, 0.1) is 65.2 Å². The molecule has 4 aromatic carbocycles. The highest BCUT2D eigenvalue weighted by Crippen LogP contribution is 2.41. The first-order valence-electron chi connectivity index (χ1n) is 23.5. The minimum atomic E-state index is 0.857. The van der Waals surface area contributed by atoms with Gasteiger partial charge in [-0.3, -0.25) is 9.97 Å². The van der Waals surface area contributed by atoms with Gasteiger partial charge in [-0.05, 0) is 183 Å². The fraction of sp³-hybridized carbons (Fsp3) is 0.0938. The van der Waals surface area contributed by atoms with Crippen molar-refractivity contribution in [3.05, 3.63) is 225 Å². The molecule has 5 aromatic heterocycles. The summed E-state index contributed by atoms with van der Waals surface area (Å²) in [6.07, 6.45) is 15.7. The predicted molar refractivity (Wildman–Crippen MR) is 289 cm³/mol.